The van der Waals surface area contributed by atoms with Gasteiger partial charge in [-0.15, -0.1) is 0 Å². The third-order valence-electron chi connectivity index (χ3n) is 2.88. The van der Waals surface area contributed by atoms with E-state index in [1.165, 1.54) is 0 Å². The lowest BCUT2D eigenvalue weighted by atomic mass is 10.2. The minimum Gasteiger partial charge on any atom is -0.481 e. The zero-order valence-corrected chi connectivity index (χ0v) is 11.2. The molecule has 2 N–H and O–H groups in total. The standard InChI is InChI=1S/C12H24N2O3/c1-5-9(3)13-8-11(15)14(6-2)10(4)7-12(16)17/h9-10,13H,5-8H2,1-4H3,(H,16,17). The third-order valence-corrected chi connectivity index (χ3v) is 2.88. The first kappa shape index (κ1) is 15.9. The van der Waals surface area contributed by atoms with Crippen LogP contribution in [0, 0.1) is 0 Å². The molecule has 0 aliphatic rings. The molecule has 0 bridgehead atoms. The molecule has 0 aliphatic carbocycles. The van der Waals surface area contributed by atoms with Gasteiger partial charge in [-0.2, -0.15) is 0 Å². The molecule has 5 heteroatoms. The summed E-state index contributed by atoms with van der Waals surface area (Å²) < 4.78 is 0. The van der Waals surface area contributed by atoms with Gasteiger partial charge in [0.1, 0.15) is 0 Å². The van der Waals surface area contributed by atoms with Crippen LogP contribution in [0.15, 0.2) is 0 Å². The number of carbonyl (C=O) groups excluding carboxylic acids is 1. The fraction of sp³-hybridized carbons (Fsp3) is 0.833. The lowest BCUT2D eigenvalue weighted by molar-refractivity contribution is -0.140. The van der Waals surface area contributed by atoms with Gasteiger partial charge in [-0.25, -0.2) is 0 Å². The second-order valence-electron chi connectivity index (χ2n) is 4.32. The number of hydrogen-bond acceptors (Lipinski definition) is 3. The van der Waals surface area contributed by atoms with Crippen molar-refractivity contribution in [3.05, 3.63) is 0 Å². The quantitative estimate of drug-likeness (QED) is 0.670. The number of hydrogen-bond donors (Lipinski definition) is 2. The normalized spacial score (nSPS) is 14.1. The summed E-state index contributed by atoms with van der Waals surface area (Å²) in [6, 6.07) is 0.0381. The van der Waals surface area contributed by atoms with Crippen LogP contribution in [0.3, 0.4) is 0 Å². The molecule has 0 aromatic heterocycles. The number of carboxylic acids is 1. The fourth-order valence-corrected chi connectivity index (χ4v) is 1.60. The van der Waals surface area contributed by atoms with Gasteiger partial charge in [0.05, 0.1) is 13.0 Å². The summed E-state index contributed by atoms with van der Waals surface area (Å²) in [5.41, 5.74) is 0. The number of amides is 1. The van der Waals surface area contributed by atoms with E-state index in [9.17, 15) is 9.59 Å². The minimum absolute atomic E-state index is 0.0110. The molecule has 0 radical (unpaired) electrons. The predicted octanol–water partition coefficient (Wildman–Crippen LogP) is 1.09. The van der Waals surface area contributed by atoms with Crippen LogP contribution in [0.25, 0.3) is 0 Å². The van der Waals surface area contributed by atoms with Crippen molar-refractivity contribution >= 4 is 11.9 Å². The first-order valence-corrected chi connectivity index (χ1v) is 6.16. The van der Waals surface area contributed by atoms with Crippen LogP contribution >= 0.6 is 0 Å². The number of aliphatic carboxylic acids is 1. The monoisotopic (exact) mass is 244 g/mol. The SMILES string of the molecule is CCC(C)NCC(=O)N(CC)C(C)CC(=O)O. The maximum Gasteiger partial charge on any atom is 0.305 e. The molecule has 17 heavy (non-hydrogen) atoms. The summed E-state index contributed by atoms with van der Waals surface area (Å²) in [4.78, 5) is 24.1. The Bertz CT molecular complexity index is 256. The van der Waals surface area contributed by atoms with Gasteiger partial charge in [0.25, 0.3) is 0 Å². The van der Waals surface area contributed by atoms with Crippen molar-refractivity contribution in [3.8, 4) is 0 Å². The summed E-state index contributed by atoms with van der Waals surface area (Å²) >= 11 is 0. The van der Waals surface area contributed by atoms with Crippen molar-refractivity contribution in [1.82, 2.24) is 10.2 Å². The van der Waals surface area contributed by atoms with E-state index in [1.807, 2.05) is 20.8 Å². The van der Waals surface area contributed by atoms with E-state index in [-0.39, 0.29) is 24.9 Å². The van der Waals surface area contributed by atoms with Crippen molar-refractivity contribution in [3.63, 3.8) is 0 Å². The van der Waals surface area contributed by atoms with Crippen molar-refractivity contribution in [2.24, 2.45) is 0 Å². The van der Waals surface area contributed by atoms with Gasteiger partial charge in [0, 0.05) is 18.6 Å². The number of likely N-dealkylation sites (N-methyl/N-ethyl adjacent to an activating group) is 1. The summed E-state index contributed by atoms with van der Waals surface area (Å²) in [6.07, 6.45) is 0.951. The molecule has 0 spiro atoms. The van der Waals surface area contributed by atoms with E-state index in [4.69, 9.17) is 5.11 Å². The van der Waals surface area contributed by atoms with Crippen molar-refractivity contribution in [2.75, 3.05) is 13.1 Å². The number of carboxylic acid groups (broad SMARTS) is 1. The number of rotatable bonds is 8. The number of nitrogens with one attached hydrogen (secondary N) is 1. The molecule has 0 rings (SSSR count). The first-order valence-electron chi connectivity index (χ1n) is 6.16. The fourth-order valence-electron chi connectivity index (χ4n) is 1.60. The molecule has 0 fully saturated rings. The summed E-state index contributed by atoms with van der Waals surface area (Å²) in [6.45, 7) is 8.50. The average Bonchev–Trinajstić information content (AvgIpc) is 2.25. The Balaban J connectivity index is 4.24. The molecule has 5 nitrogen and oxygen atoms in total. The molecular formula is C12H24N2O3. The molecule has 0 aromatic rings. The summed E-state index contributed by atoms with van der Waals surface area (Å²) in [5.74, 6) is -0.916. The van der Waals surface area contributed by atoms with Gasteiger partial charge in [-0.1, -0.05) is 6.92 Å². The lowest BCUT2D eigenvalue weighted by Crippen LogP contribution is -2.45. The molecule has 0 saturated carbocycles. The second-order valence-corrected chi connectivity index (χ2v) is 4.32. The summed E-state index contributed by atoms with van der Waals surface area (Å²) in [5, 5.41) is 11.8. The molecule has 0 aliphatic heterocycles. The van der Waals surface area contributed by atoms with Gasteiger partial charge in [0.15, 0.2) is 0 Å². The zero-order valence-electron chi connectivity index (χ0n) is 11.2. The molecule has 0 heterocycles. The highest BCUT2D eigenvalue weighted by Gasteiger charge is 2.20. The first-order chi connectivity index (χ1) is 7.92. The molecule has 1 amide bonds. The van der Waals surface area contributed by atoms with Crippen LogP contribution in [0.4, 0.5) is 0 Å². The van der Waals surface area contributed by atoms with Gasteiger partial charge >= 0.3 is 5.97 Å². The molecule has 0 saturated heterocycles. The number of carbonyl (C=O) groups is 2. The van der Waals surface area contributed by atoms with Crippen molar-refractivity contribution < 1.29 is 14.7 Å². The van der Waals surface area contributed by atoms with E-state index >= 15 is 0 Å². The maximum atomic E-state index is 11.9. The van der Waals surface area contributed by atoms with Gasteiger partial charge in [-0.3, -0.25) is 9.59 Å². The lowest BCUT2D eigenvalue weighted by Gasteiger charge is -2.27. The van der Waals surface area contributed by atoms with E-state index in [0.717, 1.165) is 6.42 Å². The Morgan fingerprint density at radius 3 is 2.29 bits per heavy atom. The Labute approximate surface area is 103 Å². The second kappa shape index (κ2) is 8.06. The molecule has 100 valence electrons. The Morgan fingerprint density at radius 2 is 1.88 bits per heavy atom. The highest BCUT2D eigenvalue weighted by atomic mass is 16.4. The van der Waals surface area contributed by atoms with Gasteiger partial charge in [0.2, 0.25) is 5.91 Å². The Morgan fingerprint density at radius 1 is 1.29 bits per heavy atom. The van der Waals surface area contributed by atoms with Crippen LogP contribution in [0.5, 0.6) is 0 Å². The van der Waals surface area contributed by atoms with Crippen molar-refractivity contribution in [2.45, 2.75) is 52.6 Å². The van der Waals surface area contributed by atoms with Crippen LogP contribution in [-0.2, 0) is 9.59 Å². The highest BCUT2D eigenvalue weighted by Crippen LogP contribution is 2.04. The Hall–Kier alpha value is -1.10. The van der Waals surface area contributed by atoms with E-state index < -0.39 is 5.97 Å². The van der Waals surface area contributed by atoms with Crippen LogP contribution in [-0.4, -0.2) is 47.1 Å². The van der Waals surface area contributed by atoms with Crippen LogP contribution in [0.2, 0.25) is 0 Å². The van der Waals surface area contributed by atoms with E-state index in [2.05, 4.69) is 5.32 Å². The smallest absolute Gasteiger partial charge is 0.305 e. The average molecular weight is 244 g/mol. The van der Waals surface area contributed by atoms with Gasteiger partial charge < -0.3 is 15.3 Å². The predicted molar refractivity (Wildman–Crippen MR) is 66.9 cm³/mol. The molecule has 0 aromatic carbocycles. The van der Waals surface area contributed by atoms with E-state index in [0.29, 0.717) is 12.6 Å². The topological polar surface area (TPSA) is 69.6 Å². The Kier molecular flexibility index (Phi) is 7.54. The third kappa shape index (κ3) is 6.26. The van der Waals surface area contributed by atoms with Gasteiger partial charge in [-0.05, 0) is 27.2 Å². The molecule has 2 unspecified atom stereocenters. The number of nitrogens with zero attached hydrogens (tertiary/aromatic N) is 1. The van der Waals surface area contributed by atoms with Crippen molar-refractivity contribution in [1.29, 1.82) is 0 Å². The largest absolute Gasteiger partial charge is 0.481 e. The summed E-state index contributed by atoms with van der Waals surface area (Å²) in [7, 11) is 0. The van der Waals surface area contributed by atoms with E-state index in [1.54, 1.807) is 11.8 Å². The maximum absolute atomic E-state index is 11.9. The highest BCUT2D eigenvalue weighted by molar-refractivity contribution is 5.79. The van der Waals surface area contributed by atoms with Crippen LogP contribution in [0.1, 0.15) is 40.5 Å². The minimum atomic E-state index is -0.876. The van der Waals surface area contributed by atoms with Crippen LogP contribution < -0.4 is 5.32 Å². The molecule has 2 atom stereocenters. The molecular weight excluding hydrogens is 220 g/mol. The zero-order chi connectivity index (χ0) is 13.4.